The van der Waals surface area contributed by atoms with Crippen LogP contribution in [0.5, 0.6) is 5.75 Å². The fourth-order valence-electron chi connectivity index (χ4n) is 2.89. The predicted octanol–water partition coefficient (Wildman–Crippen LogP) is 4.14. The van der Waals surface area contributed by atoms with Gasteiger partial charge in [0.05, 0.1) is 22.5 Å². The van der Waals surface area contributed by atoms with E-state index in [9.17, 15) is 18.0 Å². The van der Waals surface area contributed by atoms with Gasteiger partial charge in [0.15, 0.2) is 11.5 Å². The number of esters is 1. The minimum atomic E-state index is -3.95. The molecule has 0 saturated heterocycles. The molecule has 0 bridgehead atoms. The molecule has 160 valence electrons. The molecule has 9 heteroatoms. The lowest BCUT2D eigenvalue weighted by Gasteiger charge is -2.10. The van der Waals surface area contributed by atoms with Crippen molar-refractivity contribution in [3.63, 3.8) is 0 Å². The molecule has 0 unspecified atom stereocenters. The standard InChI is InChI=1S/C22H19ClN2O5S/c1-13-5-4-6-16(9-13)12-31(28,29)22-24-11-18(23)20(25-22)21(27)30-19-8-7-14(2)10-17(19)15(3)26/h4-11H,12H2,1-3H3. The average Bonchev–Trinajstić information content (AvgIpc) is 2.69. The molecule has 0 aliphatic heterocycles. The van der Waals surface area contributed by atoms with Crippen molar-refractivity contribution in [1.82, 2.24) is 9.97 Å². The summed E-state index contributed by atoms with van der Waals surface area (Å²) in [6.45, 7) is 4.99. The van der Waals surface area contributed by atoms with Crippen LogP contribution in [-0.4, -0.2) is 30.1 Å². The normalized spacial score (nSPS) is 11.2. The van der Waals surface area contributed by atoms with Crippen LogP contribution in [0.25, 0.3) is 0 Å². The Labute approximate surface area is 185 Å². The first-order valence-electron chi connectivity index (χ1n) is 9.21. The molecule has 7 nitrogen and oxygen atoms in total. The summed E-state index contributed by atoms with van der Waals surface area (Å²) in [5, 5.41) is -0.711. The van der Waals surface area contributed by atoms with Crippen molar-refractivity contribution in [1.29, 1.82) is 0 Å². The summed E-state index contributed by atoms with van der Waals surface area (Å²) in [5.74, 6) is -1.59. The molecule has 2 aromatic carbocycles. The van der Waals surface area contributed by atoms with Gasteiger partial charge in [-0.2, -0.15) is 0 Å². The van der Waals surface area contributed by atoms with Crippen molar-refractivity contribution in [3.8, 4) is 5.75 Å². The highest BCUT2D eigenvalue weighted by atomic mass is 35.5. The SMILES string of the molecule is CC(=O)c1cc(C)ccc1OC(=O)c1nc(S(=O)(=O)Cc2cccc(C)c2)ncc1Cl. The highest BCUT2D eigenvalue weighted by Crippen LogP contribution is 2.24. The van der Waals surface area contributed by atoms with Crippen LogP contribution in [0.4, 0.5) is 0 Å². The fraction of sp³-hybridized carbons (Fsp3) is 0.182. The van der Waals surface area contributed by atoms with Crippen molar-refractivity contribution in [3.05, 3.63) is 81.6 Å². The zero-order chi connectivity index (χ0) is 22.8. The van der Waals surface area contributed by atoms with E-state index in [1.807, 2.05) is 13.0 Å². The molecule has 0 aliphatic carbocycles. The van der Waals surface area contributed by atoms with Gasteiger partial charge in [-0.3, -0.25) is 4.79 Å². The Morgan fingerprint density at radius 1 is 1.06 bits per heavy atom. The van der Waals surface area contributed by atoms with Crippen LogP contribution in [0.1, 0.15) is 44.5 Å². The summed E-state index contributed by atoms with van der Waals surface area (Å²) in [6.07, 6.45) is 1.04. The summed E-state index contributed by atoms with van der Waals surface area (Å²) in [5.41, 5.74) is 2.09. The number of halogens is 1. The molecule has 0 amide bonds. The minimum Gasteiger partial charge on any atom is -0.421 e. The second kappa shape index (κ2) is 8.95. The van der Waals surface area contributed by atoms with Gasteiger partial charge in [-0.1, -0.05) is 53.1 Å². The molecule has 0 N–H and O–H groups in total. The van der Waals surface area contributed by atoms with Gasteiger partial charge in [0.2, 0.25) is 15.0 Å². The number of rotatable bonds is 6. The van der Waals surface area contributed by atoms with Crippen LogP contribution in [0.2, 0.25) is 5.02 Å². The van der Waals surface area contributed by atoms with E-state index < -0.39 is 26.7 Å². The number of hydrogen-bond acceptors (Lipinski definition) is 7. The average molecular weight is 459 g/mol. The maximum absolute atomic E-state index is 12.8. The van der Waals surface area contributed by atoms with Crippen LogP contribution in [0, 0.1) is 13.8 Å². The zero-order valence-electron chi connectivity index (χ0n) is 17.0. The number of ether oxygens (including phenoxy) is 1. The Bertz CT molecular complexity index is 1290. The number of carbonyl (C=O) groups excluding carboxylic acids is 2. The number of ketones is 1. The Morgan fingerprint density at radius 3 is 2.45 bits per heavy atom. The molecule has 1 aromatic heterocycles. The van der Waals surface area contributed by atoms with Crippen molar-refractivity contribution >= 4 is 33.2 Å². The molecule has 31 heavy (non-hydrogen) atoms. The van der Waals surface area contributed by atoms with E-state index in [2.05, 4.69) is 9.97 Å². The van der Waals surface area contributed by atoms with Crippen molar-refractivity contribution < 1.29 is 22.7 Å². The molecule has 0 aliphatic rings. The van der Waals surface area contributed by atoms with E-state index in [0.717, 1.165) is 17.3 Å². The summed E-state index contributed by atoms with van der Waals surface area (Å²) < 4.78 is 30.8. The lowest BCUT2D eigenvalue weighted by molar-refractivity contribution is 0.0725. The van der Waals surface area contributed by atoms with Gasteiger partial charge < -0.3 is 4.74 Å². The lowest BCUT2D eigenvalue weighted by atomic mass is 10.1. The number of Topliss-reactive ketones (excluding diaryl/α,β-unsaturated/α-hetero) is 1. The van der Waals surface area contributed by atoms with Crippen LogP contribution in [0.3, 0.4) is 0 Å². The first kappa shape index (κ1) is 22.6. The maximum Gasteiger partial charge on any atom is 0.364 e. The summed E-state index contributed by atoms with van der Waals surface area (Å²) in [7, 11) is -3.95. The van der Waals surface area contributed by atoms with Gasteiger partial charge in [0.25, 0.3) is 0 Å². The van der Waals surface area contributed by atoms with E-state index in [0.29, 0.717) is 5.56 Å². The number of sulfone groups is 1. The number of benzene rings is 2. The van der Waals surface area contributed by atoms with Gasteiger partial charge >= 0.3 is 5.97 Å². The third-order valence-electron chi connectivity index (χ3n) is 4.35. The smallest absolute Gasteiger partial charge is 0.364 e. The lowest BCUT2D eigenvalue weighted by Crippen LogP contribution is -2.17. The Morgan fingerprint density at radius 2 is 1.77 bits per heavy atom. The third kappa shape index (κ3) is 5.34. The van der Waals surface area contributed by atoms with Crippen LogP contribution in [0.15, 0.2) is 53.8 Å². The highest BCUT2D eigenvalue weighted by molar-refractivity contribution is 7.90. The largest absolute Gasteiger partial charge is 0.421 e. The molecule has 1 heterocycles. The van der Waals surface area contributed by atoms with Crippen molar-refractivity contribution in [2.24, 2.45) is 0 Å². The quantitative estimate of drug-likeness (QED) is 0.236. The van der Waals surface area contributed by atoms with Gasteiger partial charge in [0, 0.05) is 0 Å². The first-order chi connectivity index (χ1) is 14.6. The van der Waals surface area contributed by atoms with Crippen LogP contribution >= 0.6 is 11.6 Å². The molecular formula is C22H19ClN2O5S. The van der Waals surface area contributed by atoms with Gasteiger partial charge in [-0.05, 0) is 38.5 Å². The second-order valence-corrected chi connectivity index (χ2v) is 9.33. The first-order valence-corrected chi connectivity index (χ1v) is 11.2. The Hall–Kier alpha value is -3.10. The number of aromatic nitrogens is 2. The van der Waals surface area contributed by atoms with E-state index in [-0.39, 0.29) is 27.9 Å². The minimum absolute atomic E-state index is 0.0296. The molecule has 0 atom stereocenters. The van der Waals surface area contributed by atoms with Crippen LogP contribution in [-0.2, 0) is 15.6 Å². The highest BCUT2D eigenvalue weighted by Gasteiger charge is 2.25. The number of aryl methyl sites for hydroxylation is 2. The topological polar surface area (TPSA) is 103 Å². The van der Waals surface area contributed by atoms with Crippen molar-refractivity contribution in [2.75, 3.05) is 0 Å². The summed E-state index contributed by atoms with van der Waals surface area (Å²) >= 11 is 6.03. The van der Waals surface area contributed by atoms with Gasteiger partial charge in [0.1, 0.15) is 5.75 Å². The number of hydrogen-bond donors (Lipinski definition) is 0. The van der Waals surface area contributed by atoms with E-state index in [1.165, 1.54) is 13.0 Å². The molecule has 0 saturated carbocycles. The number of nitrogens with zero attached hydrogens (tertiary/aromatic N) is 2. The Kier molecular flexibility index (Phi) is 6.52. The maximum atomic E-state index is 12.8. The third-order valence-corrected chi connectivity index (χ3v) is 6.09. The zero-order valence-corrected chi connectivity index (χ0v) is 18.6. The molecule has 0 spiro atoms. The molecule has 3 rings (SSSR count). The molecule has 0 fully saturated rings. The van der Waals surface area contributed by atoms with Gasteiger partial charge in [-0.25, -0.2) is 23.2 Å². The van der Waals surface area contributed by atoms with Gasteiger partial charge in [-0.15, -0.1) is 0 Å². The molecular weight excluding hydrogens is 440 g/mol. The van der Waals surface area contributed by atoms with E-state index in [1.54, 1.807) is 37.3 Å². The second-order valence-electron chi connectivity index (χ2n) is 7.04. The summed E-state index contributed by atoms with van der Waals surface area (Å²) in [4.78, 5) is 32.2. The number of carbonyl (C=O) groups is 2. The summed E-state index contributed by atoms with van der Waals surface area (Å²) in [6, 6.07) is 11.8. The van der Waals surface area contributed by atoms with Crippen molar-refractivity contribution in [2.45, 2.75) is 31.7 Å². The van der Waals surface area contributed by atoms with E-state index in [4.69, 9.17) is 16.3 Å². The fourth-order valence-corrected chi connectivity index (χ4v) is 4.25. The van der Waals surface area contributed by atoms with Crippen LogP contribution < -0.4 is 4.74 Å². The molecule has 3 aromatic rings. The predicted molar refractivity (Wildman–Crippen MR) is 115 cm³/mol. The van der Waals surface area contributed by atoms with E-state index >= 15 is 0 Å². The molecule has 0 radical (unpaired) electrons. The Balaban J connectivity index is 1.92. The monoisotopic (exact) mass is 458 g/mol.